The van der Waals surface area contributed by atoms with E-state index in [-0.39, 0.29) is 17.8 Å². The van der Waals surface area contributed by atoms with Gasteiger partial charge in [-0.15, -0.1) is 11.8 Å². The van der Waals surface area contributed by atoms with Gasteiger partial charge >= 0.3 is 0 Å². The van der Waals surface area contributed by atoms with E-state index in [1.807, 2.05) is 31.2 Å². The maximum Gasteiger partial charge on any atom is 0.230 e. The quantitative estimate of drug-likeness (QED) is 0.749. The summed E-state index contributed by atoms with van der Waals surface area (Å²) in [6.07, 6.45) is 0.792. The summed E-state index contributed by atoms with van der Waals surface area (Å²) >= 11 is 4.81. The maximum absolute atomic E-state index is 12.8. The van der Waals surface area contributed by atoms with Crippen molar-refractivity contribution in [2.24, 2.45) is 0 Å². The monoisotopic (exact) mass is 381 g/mol. The predicted octanol–water partition coefficient (Wildman–Crippen LogP) is 4.43. The van der Waals surface area contributed by atoms with E-state index >= 15 is 0 Å². The number of amides is 1. The van der Waals surface area contributed by atoms with Crippen molar-refractivity contribution in [2.45, 2.75) is 24.3 Å². The number of nitrogens with one attached hydrogen (secondary N) is 1. The minimum atomic E-state index is -0.267. The average molecular weight is 382 g/mol. The minimum Gasteiger partial charge on any atom is -0.353 e. The molecule has 1 unspecified atom stereocenters. The highest BCUT2D eigenvalue weighted by atomic mass is 79.9. The fraction of sp³-hybridized carbons (Fsp3) is 0.235. The van der Waals surface area contributed by atoms with E-state index in [1.165, 1.54) is 29.5 Å². The molecule has 2 nitrogen and oxygen atoms in total. The first kappa shape index (κ1) is 17.0. The maximum atomic E-state index is 12.8. The van der Waals surface area contributed by atoms with Crippen molar-refractivity contribution in [3.8, 4) is 0 Å². The van der Waals surface area contributed by atoms with Crippen LogP contribution >= 0.6 is 27.7 Å². The summed E-state index contributed by atoms with van der Waals surface area (Å²) in [5.74, 6) is 0.0481. The lowest BCUT2D eigenvalue weighted by atomic mass is 10.1. The van der Waals surface area contributed by atoms with Gasteiger partial charge in [-0.25, -0.2) is 4.39 Å². The molecule has 2 rings (SSSR count). The SMILES string of the molecule is CC(Cc1ccc(Br)cc1)NC(=O)CSc1ccc(F)cc1. The molecule has 0 aliphatic rings. The van der Waals surface area contributed by atoms with Crippen molar-refractivity contribution in [3.05, 3.63) is 64.4 Å². The third-order valence-corrected chi connectivity index (χ3v) is 4.59. The molecule has 2 aromatic rings. The van der Waals surface area contributed by atoms with E-state index in [9.17, 15) is 9.18 Å². The molecule has 116 valence electrons. The van der Waals surface area contributed by atoms with Gasteiger partial charge in [-0.2, -0.15) is 0 Å². The van der Waals surface area contributed by atoms with Gasteiger partial charge in [0.05, 0.1) is 5.75 Å². The fourth-order valence-corrected chi connectivity index (χ4v) is 3.00. The summed E-state index contributed by atoms with van der Waals surface area (Å²) < 4.78 is 13.8. The van der Waals surface area contributed by atoms with Crippen molar-refractivity contribution < 1.29 is 9.18 Å². The van der Waals surface area contributed by atoms with Crippen LogP contribution in [-0.4, -0.2) is 17.7 Å². The largest absolute Gasteiger partial charge is 0.353 e. The van der Waals surface area contributed by atoms with Crippen molar-refractivity contribution in [1.82, 2.24) is 5.32 Å². The second-order valence-corrected chi connectivity index (χ2v) is 7.01. The second-order valence-electron chi connectivity index (χ2n) is 5.04. The van der Waals surface area contributed by atoms with E-state index < -0.39 is 0 Å². The second kappa shape index (κ2) is 8.34. The lowest BCUT2D eigenvalue weighted by Crippen LogP contribution is -2.35. The number of halogens is 2. The molecular formula is C17H17BrFNOS. The van der Waals surface area contributed by atoms with Crippen LogP contribution in [-0.2, 0) is 11.2 Å². The average Bonchev–Trinajstić information content (AvgIpc) is 2.49. The number of hydrogen-bond acceptors (Lipinski definition) is 2. The number of rotatable bonds is 6. The molecule has 0 spiro atoms. The molecule has 0 saturated heterocycles. The molecule has 0 saturated carbocycles. The van der Waals surface area contributed by atoms with E-state index in [1.54, 1.807) is 12.1 Å². The summed E-state index contributed by atoms with van der Waals surface area (Å²) in [6, 6.07) is 14.3. The number of carbonyl (C=O) groups is 1. The van der Waals surface area contributed by atoms with Crippen molar-refractivity contribution in [1.29, 1.82) is 0 Å². The number of hydrogen-bond donors (Lipinski definition) is 1. The van der Waals surface area contributed by atoms with Gasteiger partial charge in [-0.1, -0.05) is 28.1 Å². The Hall–Kier alpha value is -1.33. The Kier molecular flexibility index (Phi) is 6.46. The van der Waals surface area contributed by atoms with Gasteiger partial charge in [-0.05, 0) is 55.3 Å². The molecule has 2 aromatic carbocycles. The number of benzene rings is 2. The van der Waals surface area contributed by atoms with E-state index in [2.05, 4.69) is 21.2 Å². The molecule has 22 heavy (non-hydrogen) atoms. The lowest BCUT2D eigenvalue weighted by molar-refractivity contribution is -0.119. The normalized spacial score (nSPS) is 12.0. The zero-order valence-electron chi connectivity index (χ0n) is 12.2. The Balaban J connectivity index is 1.76. The van der Waals surface area contributed by atoms with Crippen LogP contribution in [0.1, 0.15) is 12.5 Å². The van der Waals surface area contributed by atoms with Crippen LogP contribution in [0.15, 0.2) is 57.9 Å². The van der Waals surface area contributed by atoms with Gasteiger partial charge in [-0.3, -0.25) is 4.79 Å². The highest BCUT2D eigenvalue weighted by Crippen LogP contribution is 2.18. The van der Waals surface area contributed by atoms with Crippen LogP contribution in [0.2, 0.25) is 0 Å². The van der Waals surface area contributed by atoms with Gasteiger partial charge < -0.3 is 5.32 Å². The molecule has 1 atom stereocenters. The first-order valence-electron chi connectivity index (χ1n) is 6.95. The highest BCUT2D eigenvalue weighted by Gasteiger charge is 2.09. The fourth-order valence-electron chi connectivity index (χ4n) is 2.02. The Morgan fingerprint density at radius 1 is 1.18 bits per heavy atom. The third kappa shape index (κ3) is 5.81. The topological polar surface area (TPSA) is 29.1 Å². The van der Waals surface area contributed by atoms with E-state index in [4.69, 9.17) is 0 Å². The molecule has 0 aliphatic heterocycles. The van der Waals surface area contributed by atoms with Crippen LogP contribution in [0.25, 0.3) is 0 Å². The number of thioether (sulfide) groups is 1. The zero-order chi connectivity index (χ0) is 15.9. The van der Waals surface area contributed by atoms with Crippen LogP contribution < -0.4 is 5.32 Å². The standard InChI is InChI=1S/C17H17BrFNOS/c1-12(10-13-2-4-14(18)5-3-13)20-17(21)11-22-16-8-6-15(19)7-9-16/h2-9,12H,10-11H2,1H3,(H,20,21). The minimum absolute atomic E-state index is 0.0149. The molecular weight excluding hydrogens is 365 g/mol. The Morgan fingerprint density at radius 3 is 2.45 bits per heavy atom. The first-order valence-corrected chi connectivity index (χ1v) is 8.73. The van der Waals surface area contributed by atoms with Gasteiger partial charge in [0.25, 0.3) is 0 Å². The lowest BCUT2D eigenvalue weighted by Gasteiger charge is -2.14. The van der Waals surface area contributed by atoms with E-state index in [0.717, 1.165) is 15.8 Å². The number of carbonyl (C=O) groups excluding carboxylic acids is 1. The van der Waals surface area contributed by atoms with Crippen molar-refractivity contribution in [3.63, 3.8) is 0 Å². The van der Waals surface area contributed by atoms with Crippen LogP contribution in [0.3, 0.4) is 0 Å². The molecule has 1 N–H and O–H groups in total. The van der Waals surface area contributed by atoms with Gasteiger partial charge in [0.1, 0.15) is 5.82 Å². The molecule has 0 fully saturated rings. The Bertz CT molecular complexity index is 616. The molecule has 0 radical (unpaired) electrons. The predicted molar refractivity (Wildman–Crippen MR) is 92.6 cm³/mol. The summed E-state index contributed by atoms with van der Waals surface area (Å²) in [5, 5.41) is 2.98. The van der Waals surface area contributed by atoms with Crippen LogP contribution in [0, 0.1) is 5.82 Å². The molecule has 0 bridgehead atoms. The van der Waals surface area contributed by atoms with Gasteiger partial charge in [0.15, 0.2) is 0 Å². The van der Waals surface area contributed by atoms with E-state index in [0.29, 0.717) is 5.75 Å². The molecule has 1 amide bonds. The third-order valence-electron chi connectivity index (χ3n) is 3.05. The Labute approximate surface area is 142 Å². The molecule has 5 heteroatoms. The van der Waals surface area contributed by atoms with Crippen LogP contribution in [0.5, 0.6) is 0 Å². The van der Waals surface area contributed by atoms with Gasteiger partial charge in [0.2, 0.25) is 5.91 Å². The summed E-state index contributed by atoms with van der Waals surface area (Å²) in [4.78, 5) is 12.8. The zero-order valence-corrected chi connectivity index (χ0v) is 14.6. The van der Waals surface area contributed by atoms with Crippen molar-refractivity contribution in [2.75, 3.05) is 5.75 Å². The molecule has 0 aliphatic carbocycles. The van der Waals surface area contributed by atoms with Crippen molar-refractivity contribution >= 4 is 33.6 Å². The smallest absolute Gasteiger partial charge is 0.230 e. The summed E-state index contributed by atoms with van der Waals surface area (Å²) in [6.45, 7) is 1.99. The first-order chi connectivity index (χ1) is 10.5. The Morgan fingerprint density at radius 2 is 1.82 bits per heavy atom. The summed E-state index contributed by atoms with van der Waals surface area (Å²) in [5.41, 5.74) is 1.18. The summed E-state index contributed by atoms with van der Waals surface area (Å²) in [7, 11) is 0. The molecule has 0 heterocycles. The highest BCUT2D eigenvalue weighted by molar-refractivity contribution is 9.10. The van der Waals surface area contributed by atoms with Gasteiger partial charge in [0, 0.05) is 15.4 Å². The van der Waals surface area contributed by atoms with Crippen LogP contribution in [0.4, 0.5) is 4.39 Å². The molecule has 0 aromatic heterocycles.